The summed E-state index contributed by atoms with van der Waals surface area (Å²) in [7, 11) is 0. The molecular formula is C19H22N6O2. The molecule has 3 heterocycles. The van der Waals surface area contributed by atoms with E-state index in [-0.39, 0.29) is 18.5 Å². The predicted molar refractivity (Wildman–Crippen MR) is 99.9 cm³/mol. The van der Waals surface area contributed by atoms with Crippen molar-refractivity contribution in [3.63, 3.8) is 0 Å². The maximum atomic E-state index is 12.4. The first-order valence-electron chi connectivity index (χ1n) is 9.09. The van der Waals surface area contributed by atoms with Gasteiger partial charge in [-0.25, -0.2) is 0 Å². The third-order valence-corrected chi connectivity index (χ3v) is 4.62. The molecule has 4 rings (SSSR count). The summed E-state index contributed by atoms with van der Waals surface area (Å²) >= 11 is 0. The average Bonchev–Trinajstić information content (AvgIpc) is 3.12. The molecule has 1 N–H and O–H groups in total. The Morgan fingerprint density at radius 3 is 2.44 bits per heavy atom. The number of amides is 1. The number of morpholine rings is 1. The van der Waals surface area contributed by atoms with Crippen LogP contribution < -0.4 is 5.32 Å². The van der Waals surface area contributed by atoms with Crippen LogP contribution in [-0.2, 0) is 16.1 Å². The molecule has 1 atom stereocenters. The molecule has 0 spiro atoms. The number of rotatable bonds is 6. The van der Waals surface area contributed by atoms with Crippen LogP contribution in [0, 0.1) is 0 Å². The van der Waals surface area contributed by atoms with Crippen LogP contribution in [0.2, 0.25) is 0 Å². The molecule has 0 unspecified atom stereocenters. The van der Waals surface area contributed by atoms with Gasteiger partial charge in [0.25, 0.3) is 0 Å². The second kappa shape index (κ2) is 8.24. The van der Waals surface area contributed by atoms with E-state index in [0.717, 1.165) is 29.8 Å². The Morgan fingerprint density at radius 1 is 1.07 bits per heavy atom. The number of pyridine rings is 1. The lowest BCUT2D eigenvalue weighted by atomic mass is 10.1. The van der Waals surface area contributed by atoms with Gasteiger partial charge in [-0.3, -0.25) is 14.7 Å². The fourth-order valence-electron chi connectivity index (χ4n) is 3.25. The van der Waals surface area contributed by atoms with Gasteiger partial charge in [0.1, 0.15) is 17.6 Å². The molecular weight excluding hydrogens is 344 g/mol. The smallest absolute Gasteiger partial charge is 0.243 e. The highest BCUT2D eigenvalue weighted by Crippen LogP contribution is 2.19. The summed E-state index contributed by atoms with van der Waals surface area (Å²) in [5.74, 6) is -0.121. The van der Waals surface area contributed by atoms with Gasteiger partial charge < -0.3 is 10.1 Å². The Hall–Kier alpha value is -2.84. The summed E-state index contributed by atoms with van der Waals surface area (Å²) in [6, 6.07) is 13.4. The molecule has 8 nitrogen and oxygen atoms in total. The monoisotopic (exact) mass is 366 g/mol. The molecule has 2 aromatic heterocycles. The molecule has 0 saturated carbocycles. The second-order valence-corrected chi connectivity index (χ2v) is 6.44. The van der Waals surface area contributed by atoms with Crippen LogP contribution in [0.5, 0.6) is 0 Å². The molecule has 1 saturated heterocycles. The molecule has 8 heteroatoms. The summed E-state index contributed by atoms with van der Waals surface area (Å²) in [5, 5.41) is 11.7. The zero-order valence-corrected chi connectivity index (χ0v) is 15.0. The molecule has 1 aliphatic heterocycles. The van der Waals surface area contributed by atoms with Gasteiger partial charge in [-0.2, -0.15) is 15.0 Å². The lowest BCUT2D eigenvalue weighted by Gasteiger charge is -2.34. The third kappa shape index (κ3) is 4.29. The van der Waals surface area contributed by atoms with Crippen molar-refractivity contribution < 1.29 is 9.53 Å². The van der Waals surface area contributed by atoms with Gasteiger partial charge in [0.05, 0.1) is 24.9 Å². The van der Waals surface area contributed by atoms with Gasteiger partial charge in [0, 0.05) is 25.8 Å². The zero-order valence-electron chi connectivity index (χ0n) is 15.0. The topological polar surface area (TPSA) is 85.2 Å². The summed E-state index contributed by atoms with van der Waals surface area (Å²) < 4.78 is 5.45. The number of nitrogens with one attached hydrogen (secondary N) is 1. The Labute approximate surface area is 157 Å². The molecule has 1 aliphatic rings. The fourth-order valence-corrected chi connectivity index (χ4v) is 3.25. The summed E-state index contributed by atoms with van der Waals surface area (Å²) in [6.07, 6.45) is 1.78. The molecule has 0 bridgehead atoms. The minimum Gasteiger partial charge on any atom is -0.379 e. The van der Waals surface area contributed by atoms with E-state index in [9.17, 15) is 4.79 Å². The van der Waals surface area contributed by atoms with Gasteiger partial charge in [-0.1, -0.05) is 18.2 Å². The SMILES string of the molecule is O=C(Cn1nc2ccccc2n1)NC[C@H](c1ccccn1)N1CCOCC1. The van der Waals surface area contributed by atoms with Crippen LogP contribution in [0.15, 0.2) is 48.7 Å². The van der Waals surface area contributed by atoms with E-state index < -0.39 is 0 Å². The highest BCUT2D eigenvalue weighted by atomic mass is 16.5. The van der Waals surface area contributed by atoms with Crippen LogP contribution in [-0.4, -0.2) is 63.6 Å². The van der Waals surface area contributed by atoms with E-state index in [4.69, 9.17) is 4.74 Å². The lowest BCUT2D eigenvalue weighted by Crippen LogP contribution is -2.44. The Morgan fingerprint density at radius 2 is 1.78 bits per heavy atom. The first kappa shape index (κ1) is 17.6. The van der Waals surface area contributed by atoms with E-state index in [1.165, 1.54) is 4.80 Å². The van der Waals surface area contributed by atoms with Crippen molar-refractivity contribution in [2.24, 2.45) is 0 Å². The molecule has 140 valence electrons. The van der Waals surface area contributed by atoms with Gasteiger partial charge in [-0.05, 0) is 24.3 Å². The van der Waals surface area contributed by atoms with Crippen molar-refractivity contribution in [1.29, 1.82) is 0 Å². The van der Waals surface area contributed by atoms with Crippen LogP contribution in [0.1, 0.15) is 11.7 Å². The normalized spacial score (nSPS) is 16.3. The number of hydrogen-bond donors (Lipinski definition) is 1. The molecule has 3 aromatic rings. The number of nitrogens with zero attached hydrogens (tertiary/aromatic N) is 5. The number of benzene rings is 1. The van der Waals surface area contributed by atoms with Crippen LogP contribution >= 0.6 is 0 Å². The van der Waals surface area contributed by atoms with Crippen LogP contribution in [0.4, 0.5) is 0 Å². The van der Waals surface area contributed by atoms with Crippen molar-refractivity contribution >= 4 is 16.9 Å². The first-order valence-corrected chi connectivity index (χ1v) is 9.09. The molecule has 1 fully saturated rings. The number of carbonyl (C=O) groups is 1. The first-order chi connectivity index (χ1) is 13.3. The van der Waals surface area contributed by atoms with Crippen molar-refractivity contribution in [3.05, 3.63) is 54.4 Å². The Balaban J connectivity index is 1.41. The fraction of sp³-hybridized carbons (Fsp3) is 0.368. The Kier molecular flexibility index (Phi) is 5.36. The Bertz CT molecular complexity index is 858. The van der Waals surface area contributed by atoms with E-state index in [1.54, 1.807) is 6.20 Å². The van der Waals surface area contributed by atoms with Crippen molar-refractivity contribution in [2.75, 3.05) is 32.8 Å². The molecule has 1 aromatic carbocycles. The maximum Gasteiger partial charge on any atom is 0.243 e. The van der Waals surface area contributed by atoms with Gasteiger partial charge in [0.15, 0.2) is 0 Å². The minimum absolute atomic E-state index is 0.0173. The highest BCUT2D eigenvalue weighted by Gasteiger charge is 2.24. The minimum atomic E-state index is -0.121. The standard InChI is InChI=1S/C19H22N6O2/c26-19(14-25-22-15-5-1-2-6-16(15)23-25)21-13-18(17-7-3-4-8-20-17)24-9-11-27-12-10-24/h1-8,18H,9-14H2,(H,21,26)/t18-/m1/s1. The lowest BCUT2D eigenvalue weighted by molar-refractivity contribution is -0.122. The average molecular weight is 366 g/mol. The van der Waals surface area contributed by atoms with Gasteiger partial charge in [-0.15, -0.1) is 0 Å². The number of carbonyl (C=O) groups excluding carboxylic acids is 1. The third-order valence-electron chi connectivity index (χ3n) is 4.62. The van der Waals surface area contributed by atoms with Crippen LogP contribution in [0.25, 0.3) is 11.0 Å². The summed E-state index contributed by atoms with van der Waals surface area (Å²) in [6.45, 7) is 3.61. The molecule has 0 radical (unpaired) electrons. The van der Waals surface area contributed by atoms with Crippen molar-refractivity contribution in [2.45, 2.75) is 12.6 Å². The number of aromatic nitrogens is 4. The van der Waals surface area contributed by atoms with E-state index in [2.05, 4.69) is 25.4 Å². The number of fused-ring (bicyclic) bond motifs is 1. The van der Waals surface area contributed by atoms with Crippen molar-refractivity contribution in [3.8, 4) is 0 Å². The maximum absolute atomic E-state index is 12.4. The van der Waals surface area contributed by atoms with Gasteiger partial charge >= 0.3 is 0 Å². The quantitative estimate of drug-likeness (QED) is 0.701. The predicted octanol–water partition coefficient (Wildman–Crippen LogP) is 1.02. The second-order valence-electron chi connectivity index (χ2n) is 6.44. The van der Waals surface area contributed by atoms with E-state index in [1.807, 2.05) is 42.5 Å². The zero-order chi connectivity index (χ0) is 18.5. The van der Waals surface area contributed by atoms with Crippen LogP contribution in [0.3, 0.4) is 0 Å². The largest absolute Gasteiger partial charge is 0.379 e. The summed E-state index contributed by atoms with van der Waals surface area (Å²) in [4.78, 5) is 20.6. The molecule has 0 aliphatic carbocycles. The van der Waals surface area contributed by atoms with Crippen molar-refractivity contribution in [1.82, 2.24) is 30.2 Å². The van der Waals surface area contributed by atoms with E-state index >= 15 is 0 Å². The molecule has 1 amide bonds. The van der Waals surface area contributed by atoms with E-state index in [0.29, 0.717) is 19.8 Å². The molecule has 27 heavy (non-hydrogen) atoms. The summed E-state index contributed by atoms with van der Waals surface area (Å²) in [5.41, 5.74) is 2.51. The number of hydrogen-bond acceptors (Lipinski definition) is 6. The number of ether oxygens (including phenoxy) is 1. The van der Waals surface area contributed by atoms with Gasteiger partial charge in [0.2, 0.25) is 5.91 Å². The highest BCUT2D eigenvalue weighted by molar-refractivity contribution is 5.77.